The van der Waals surface area contributed by atoms with Gasteiger partial charge in [-0.15, -0.1) is 0 Å². The van der Waals surface area contributed by atoms with Gasteiger partial charge in [-0.25, -0.2) is 9.00 Å². The number of hydrogen-bond acceptors (Lipinski definition) is 5. The molecule has 1 aliphatic rings. The standard InChI is InChI=1S/C15H14ClF6NO4S/c1-3-5-11(27-28(25)15(20,21)22)12(16)9-6-10(13(24)26-4-2)23(7-9)8-14(17,18)19/h3,5-6H,1,4,7-8H2,2H3/b11-5+,12-9+. The Morgan fingerprint density at radius 3 is 2.43 bits per heavy atom. The van der Waals surface area contributed by atoms with E-state index < -0.39 is 58.3 Å². The van der Waals surface area contributed by atoms with E-state index in [1.165, 1.54) is 6.92 Å². The van der Waals surface area contributed by atoms with E-state index in [0.717, 1.165) is 18.2 Å². The average Bonchev–Trinajstić information content (AvgIpc) is 2.94. The quantitative estimate of drug-likeness (QED) is 0.252. The van der Waals surface area contributed by atoms with Gasteiger partial charge in [0, 0.05) is 6.54 Å². The molecule has 13 heteroatoms. The summed E-state index contributed by atoms with van der Waals surface area (Å²) in [4.78, 5) is 12.5. The molecule has 5 nitrogen and oxygen atoms in total. The number of carbonyl (C=O) groups is 1. The van der Waals surface area contributed by atoms with Gasteiger partial charge >= 0.3 is 28.7 Å². The average molecular weight is 454 g/mol. The summed E-state index contributed by atoms with van der Waals surface area (Å²) in [5.41, 5.74) is -5.87. The zero-order valence-electron chi connectivity index (χ0n) is 14.2. The predicted octanol–water partition coefficient (Wildman–Crippen LogP) is 4.07. The highest BCUT2D eigenvalue weighted by atomic mass is 35.5. The number of hydrogen-bond donors (Lipinski definition) is 0. The van der Waals surface area contributed by atoms with Crippen LogP contribution in [0.25, 0.3) is 0 Å². The number of esters is 1. The van der Waals surface area contributed by atoms with Gasteiger partial charge in [0.05, 0.1) is 11.6 Å². The van der Waals surface area contributed by atoms with E-state index in [9.17, 15) is 35.3 Å². The minimum atomic E-state index is -5.22. The summed E-state index contributed by atoms with van der Waals surface area (Å²) in [6, 6.07) is 0. The molecular formula is C15H14ClF6NO4S. The molecule has 1 unspecified atom stereocenters. The summed E-state index contributed by atoms with van der Waals surface area (Å²) < 4.78 is 95.7. The van der Waals surface area contributed by atoms with Crippen molar-refractivity contribution in [1.82, 2.24) is 4.90 Å². The van der Waals surface area contributed by atoms with E-state index in [-0.39, 0.29) is 12.2 Å². The highest BCUT2D eigenvalue weighted by Gasteiger charge is 2.41. The lowest BCUT2D eigenvalue weighted by molar-refractivity contribution is -0.149. The summed E-state index contributed by atoms with van der Waals surface area (Å²) in [5, 5.41) is -0.566. The van der Waals surface area contributed by atoms with Crippen molar-refractivity contribution >= 4 is 28.7 Å². The monoisotopic (exact) mass is 453 g/mol. The smallest absolute Gasteiger partial charge is 0.461 e. The number of alkyl halides is 6. The second-order valence-electron chi connectivity index (χ2n) is 5.09. The van der Waals surface area contributed by atoms with Gasteiger partial charge in [-0.3, -0.25) is 0 Å². The van der Waals surface area contributed by atoms with Crippen molar-refractivity contribution in [3.05, 3.63) is 46.9 Å². The molecule has 0 bridgehead atoms. The largest absolute Gasteiger partial charge is 0.508 e. The van der Waals surface area contributed by atoms with Crippen molar-refractivity contribution in [2.45, 2.75) is 18.6 Å². The first-order valence-corrected chi connectivity index (χ1v) is 8.84. The van der Waals surface area contributed by atoms with Gasteiger partial charge in [0.1, 0.15) is 12.2 Å². The summed E-state index contributed by atoms with van der Waals surface area (Å²) in [6.07, 6.45) is -1.92. The molecule has 1 heterocycles. The molecule has 0 aromatic rings. The number of carbonyl (C=O) groups excluding carboxylic acids is 1. The summed E-state index contributed by atoms with van der Waals surface area (Å²) >= 11 is 2.17. The fourth-order valence-corrected chi connectivity index (χ4v) is 2.67. The van der Waals surface area contributed by atoms with Crippen LogP contribution >= 0.6 is 11.6 Å². The van der Waals surface area contributed by atoms with E-state index in [1.54, 1.807) is 0 Å². The van der Waals surface area contributed by atoms with Crippen molar-refractivity contribution < 1.29 is 44.3 Å². The van der Waals surface area contributed by atoms with Gasteiger partial charge in [0.25, 0.3) is 0 Å². The van der Waals surface area contributed by atoms with Crippen LogP contribution in [0.4, 0.5) is 26.3 Å². The topological polar surface area (TPSA) is 55.8 Å². The number of allylic oxidation sites excluding steroid dienone is 3. The Bertz CT molecular complexity index is 742. The fraction of sp³-hybridized carbons (Fsp3) is 0.400. The van der Waals surface area contributed by atoms with Crippen molar-refractivity contribution in [1.29, 1.82) is 0 Å². The van der Waals surface area contributed by atoms with E-state index >= 15 is 0 Å². The highest BCUT2D eigenvalue weighted by molar-refractivity contribution is 7.81. The first-order chi connectivity index (χ1) is 12.8. The SMILES string of the molecule is C=C/C=C(OS(=O)C(F)(F)F)\C(Cl)=C1\C=C(C(=O)OCC)N(CC(F)(F)F)C1. The summed E-state index contributed by atoms with van der Waals surface area (Å²) in [7, 11) is 0. The van der Waals surface area contributed by atoms with Crippen molar-refractivity contribution in [3.63, 3.8) is 0 Å². The molecular weight excluding hydrogens is 440 g/mol. The Morgan fingerprint density at radius 2 is 1.96 bits per heavy atom. The molecule has 0 saturated heterocycles. The Morgan fingerprint density at radius 1 is 1.36 bits per heavy atom. The predicted molar refractivity (Wildman–Crippen MR) is 88.8 cm³/mol. The molecule has 0 amide bonds. The molecule has 0 aliphatic carbocycles. The van der Waals surface area contributed by atoms with Crippen molar-refractivity contribution in [2.24, 2.45) is 0 Å². The second kappa shape index (κ2) is 9.50. The van der Waals surface area contributed by atoms with Gasteiger partial charge in [-0.05, 0) is 24.6 Å². The highest BCUT2D eigenvalue weighted by Crippen LogP contribution is 2.33. The molecule has 0 radical (unpaired) electrons. The lowest BCUT2D eigenvalue weighted by atomic mass is 10.2. The van der Waals surface area contributed by atoms with Gasteiger partial charge < -0.3 is 13.8 Å². The third-order valence-corrected chi connectivity index (χ3v) is 4.13. The molecule has 0 fully saturated rings. The minimum absolute atomic E-state index is 0.113. The van der Waals surface area contributed by atoms with Crippen LogP contribution in [0.2, 0.25) is 0 Å². The maximum Gasteiger partial charge on any atom is 0.508 e. The molecule has 0 N–H and O–H groups in total. The van der Waals surface area contributed by atoms with Crippen LogP contribution in [0.3, 0.4) is 0 Å². The molecule has 1 aliphatic heterocycles. The lowest BCUT2D eigenvalue weighted by Gasteiger charge is -2.22. The molecule has 28 heavy (non-hydrogen) atoms. The molecule has 1 atom stereocenters. The zero-order valence-corrected chi connectivity index (χ0v) is 15.8. The fourth-order valence-electron chi connectivity index (χ4n) is 2.01. The van der Waals surface area contributed by atoms with Crippen LogP contribution in [0.15, 0.2) is 46.9 Å². The Balaban J connectivity index is 3.30. The molecule has 158 valence electrons. The molecule has 1 rings (SSSR count). The van der Waals surface area contributed by atoms with Crippen LogP contribution in [-0.4, -0.2) is 46.5 Å². The maximum atomic E-state index is 12.8. The van der Waals surface area contributed by atoms with Gasteiger partial charge in [0.2, 0.25) is 0 Å². The summed E-state index contributed by atoms with van der Waals surface area (Å²) in [5.74, 6) is -1.81. The van der Waals surface area contributed by atoms with E-state index in [4.69, 9.17) is 11.6 Å². The van der Waals surface area contributed by atoms with E-state index in [2.05, 4.69) is 15.5 Å². The number of nitrogens with zero attached hydrogens (tertiary/aromatic N) is 1. The van der Waals surface area contributed by atoms with Crippen LogP contribution in [0, 0.1) is 0 Å². The Hall–Kier alpha value is -1.95. The van der Waals surface area contributed by atoms with Crippen molar-refractivity contribution in [2.75, 3.05) is 19.7 Å². The number of rotatable bonds is 7. The zero-order chi connectivity index (χ0) is 21.7. The van der Waals surface area contributed by atoms with E-state index in [1.807, 2.05) is 0 Å². The van der Waals surface area contributed by atoms with Crippen LogP contribution < -0.4 is 0 Å². The molecule has 0 aromatic carbocycles. The summed E-state index contributed by atoms with van der Waals surface area (Å²) in [6.45, 7) is 2.48. The third kappa shape index (κ3) is 6.89. The van der Waals surface area contributed by atoms with Gasteiger partial charge in [0.15, 0.2) is 5.76 Å². The first kappa shape index (κ1) is 24.1. The normalized spacial score (nSPS) is 18.5. The van der Waals surface area contributed by atoms with E-state index in [0.29, 0.717) is 4.90 Å². The van der Waals surface area contributed by atoms with Crippen LogP contribution in [0.5, 0.6) is 0 Å². The van der Waals surface area contributed by atoms with Crippen LogP contribution in [-0.2, 0) is 24.8 Å². The minimum Gasteiger partial charge on any atom is -0.461 e. The first-order valence-electron chi connectivity index (χ1n) is 7.39. The number of halogens is 7. The number of ether oxygens (including phenoxy) is 1. The Labute approximate surface area is 163 Å². The molecule has 0 aromatic heterocycles. The maximum absolute atomic E-state index is 12.8. The molecule has 0 spiro atoms. The Kier molecular flexibility index (Phi) is 8.17. The second-order valence-corrected chi connectivity index (χ2v) is 6.57. The third-order valence-electron chi connectivity index (χ3n) is 2.99. The van der Waals surface area contributed by atoms with Crippen molar-refractivity contribution in [3.8, 4) is 0 Å². The molecule has 0 saturated carbocycles. The lowest BCUT2D eigenvalue weighted by Crippen LogP contribution is -2.35. The van der Waals surface area contributed by atoms with Crippen LogP contribution in [0.1, 0.15) is 6.92 Å². The van der Waals surface area contributed by atoms with Gasteiger partial charge in [-0.2, -0.15) is 26.3 Å². The van der Waals surface area contributed by atoms with Gasteiger partial charge in [-0.1, -0.05) is 24.3 Å².